The minimum Gasteiger partial charge on any atom is -0.593 e. The molecule has 1 aliphatic rings. The number of aromatic nitrogens is 3. The summed E-state index contributed by atoms with van der Waals surface area (Å²) in [5, 5.41) is 18.3. The molecule has 32 heavy (non-hydrogen) atoms. The minimum atomic E-state index is -1.11. The third-order valence-electron chi connectivity index (χ3n) is 5.98. The zero-order chi connectivity index (χ0) is 22.2. The largest absolute Gasteiger partial charge is 0.593 e. The fraction of sp³-hybridized carbons (Fsp3) is 0.250. The van der Waals surface area contributed by atoms with Crippen molar-refractivity contribution >= 4 is 33.8 Å². The molecular weight excluding hydrogens is 422 g/mol. The van der Waals surface area contributed by atoms with Gasteiger partial charge in [0.25, 0.3) is 0 Å². The van der Waals surface area contributed by atoms with E-state index >= 15 is 0 Å². The Hall–Kier alpha value is -3.23. The summed E-state index contributed by atoms with van der Waals surface area (Å²) in [6, 6.07) is 13.6. The van der Waals surface area contributed by atoms with Crippen molar-refractivity contribution < 1.29 is 9.66 Å². The highest BCUT2D eigenvalue weighted by molar-refractivity contribution is 7.92. The van der Waals surface area contributed by atoms with Gasteiger partial charge in [-0.3, -0.25) is 5.10 Å². The molecule has 3 heterocycles. The maximum absolute atomic E-state index is 11.7. The number of pyridine rings is 1. The number of phenolic OH excluding ortho intramolecular Hbond substituents is 1. The summed E-state index contributed by atoms with van der Waals surface area (Å²) in [7, 11) is 0. The number of nitrogens with one attached hydrogen (secondary N) is 2. The van der Waals surface area contributed by atoms with E-state index < -0.39 is 11.4 Å². The normalized spacial score (nSPS) is 14.4. The van der Waals surface area contributed by atoms with Gasteiger partial charge in [-0.25, -0.2) is 9.71 Å². The molecule has 0 saturated heterocycles. The number of anilines is 2. The van der Waals surface area contributed by atoms with E-state index in [1.165, 1.54) is 11.1 Å². The molecule has 7 nitrogen and oxygen atoms in total. The standard InChI is InChI=1S/C24H25N5O2S/c1-3-15-11-17(30)7-8-18(15)22-12-23-20(13-25-27-23)24(26-22)29-10-9-19-16(14-29)5-4-6-21(19)28-32(2)31/h4-8,11-13,28,30H,3,9-10,14H2,1-2H3,(H,25,27). The molecule has 0 amide bonds. The molecule has 1 unspecified atom stereocenters. The van der Waals surface area contributed by atoms with Crippen molar-refractivity contribution in [3.8, 4) is 17.0 Å². The Bertz CT molecular complexity index is 1290. The van der Waals surface area contributed by atoms with Gasteiger partial charge in [0.15, 0.2) is 0 Å². The van der Waals surface area contributed by atoms with Crippen LogP contribution >= 0.6 is 0 Å². The summed E-state index contributed by atoms with van der Waals surface area (Å²) in [6.45, 7) is 3.59. The van der Waals surface area contributed by atoms with Crippen molar-refractivity contribution in [2.75, 3.05) is 22.4 Å². The van der Waals surface area contributed by atoms with Gasteiger partial charge in [0.2, 0.25) is 0 Å². The maximum Gasteiger partial charge on any atom is 0.140 e. The van der Waals surface area contributed by atoms with E-state index in [0.29, 0.717) is 6.54 Å². The lowest BCUT2D eigenvalue weighted by atomic mass is 9.97. The Balaban J connectivity index is 1.57. The predicted molar refractivity (Wildman–Crippen MR) is 129 cm³/mol. The SMILES string of the molecule is CCc1cc(O)ccc1-c1cc2[nH]ncc2c(N2CCc3c(cccc3N[S+](C)[O-])C2)n1. The van der Waals surface area contributed by atoms with Gasteiger partial charge in [-0.15, -0.1) is 0 Å². The fourth-order valence-corrected chi connectivity index (χ4v) is 4.97. The first kappa shape index (κ1) is 20.7. The van der Waals surface area contributed by atoms with Crippen LogP contribution in [0.25, 0.3) is 22.2 Å². The van der Waals surface area contributed by atoms with Crippen LogP contribution in [0.4, 0.5) is 11.5 Å². The summed E-state index contributed by atoms with van der Waals surface area (Å²) in [5.74, 6) is 1.16. The molecule has 8 heteroatoms. The number of nitrogens with zero attached hydrogens (tertiary/aromatic N) is 3. The molecule has 0 bridgehead atoms. The number of phenols is 1. The number of H-pyrrole nitrogens is 1. The third kappa shape index (κ3) is 3.76. The Morgan fingerprint density at radius 3 is 2.94 bits per heavy atom. The molecule has 0 spiro atoms. The van der Waals surface area contributed by atoms with E-state index in [0.717, 1.165) is 58.6 Å². The second-order valence-electron chi connectivity index (χ2n) is 8.03. The van der Waals surface area contributed by atoms with E-state index in [4.69, 9.17) is 4.98 Å². The van der Waals surface area contributed by atoms with Gasteiger partial charge < -0.3 is 14.6 Å². The molecule has 5 rings (SSSR count). The van der Waals surface area contributed by atoms with Gasteiger partial charge in [-0.2, -0.15) is 5.10 Å². The van der Waals surface area contributed by atoms with Crippen LogP contribution in [0.1, 0.15) is 23.6 Å². The maximum atomic E-state index is 11.7. The lowest BCUT2D eigenvalue weighted by molar-refractivity contribution is 0.474. The topological polar surface area (TPSA) is 100 Å². The summed E-state index contributed by atoms with van der Waals surface area (Å²) >= 11 is -1.11. The Kier molecular flexibility index (Phi) is 5.40. The van der Waals surface area contributed by atoms with Crippen LogP contribution in [-0.2, 0) is 30.7 Å². The van der Waals surface area contributed by atoms with Crippen molar-refractivity contribution in [3.63, 3.8) is 0 Å². The van der Waals surface area contributed by atoms with E-state index in [2.05, 4.69) is 32.8 Å². The second kappa shape index (κ2) is 8.37. The van der Waals surface area contributed by atoms with Gasteiger partial charge in [0, 0.05) is 18.7 Å². The van der Waals surface area contributed by atoms with E-state index in [-0.39, 0.29) is 5.75 Å². The summed E-state index contributed by atoms with van der Waals surface area (Å²) < 4.78 is 14.8. The first-order valence-electron chi connectivity index (χ1n) is 10.7. The Morgan fingerprint density at radius 2 is 2.12 bits per heavy atom. The van der Waals surface area contributed by atoms with Crippen LogP contribution in [0, 0.1) is 0 Å². The Morgan fingerprint density at radius 1 is 1.25 bits per heavy atom. The average Bonchev–Trinajstić information content (AvgIpc) is 3.26. The molecule has 164 valence electrons. The van der Waals surface area contributed by atoms with Gasteiger partial charge in [-0.1, -0.05) is 19.1 Å². The first-order chi connectivity index (χ1) is 15.5. The zero-order valence-electron chi connectivity index (χ0n) is 18.1. The molecule has 2 aromatic carbocycles. The number of hydrogen-bond donors (Lipinski definition) is 3. The van der Waals surface area contributed by atoms with Crippen molar-refractivity contribution in [1.29, 1.82) is 0 Å². The van der Waals surface area contributed by atoms with Crippen LogP contribution in [0.15, 0.2) is 48.7 Å². The lowest BCUT2D eigenvalue weighted by Gasteiger charge is -2.31. The summed E-state index contributed by atoms with van der Waals surface area (Å²) in [6.07, 6.45) is 5.11. The van der Waals surface area contributed by atoms with Crippen molar-refractivity contribution in [2.45, 2.75) is 26.3 Å². The smallest absolute Gasteiger partial charge is 0.140 e. The zero-order valence-corrected chi connectivity index (χ0v) is 18.9. The summed E-state index contributed by atoms with van der Waals surface area (Å²) in [4.78, 5) is 7.35. The number of hydrogen-bond acceptors (Lipinski definition) is 6. The van der Waals surface area contributed by atoms with Crippen LogP contribution < -0.4 is 9.62 Å². The van der Waals surface area contributed by atoms with Gasteiger partial charge in [-0.05, 0) is 59.9 Å². The quantitative estimate of drug-likeness (QED) is 0.397. The van der Waals surface area contributed by atoms with Crippen molar-refractivity contribution in [3.05, 3.63) is 65.4 Å². The number of benzene rings is 2. The lowest BCUT2D eigenvalue weighted by Crippen LogP contribution is -2.32. The molecule has 1 atom stereocenters. The number of aryl methyl sites for hydroxylation is 1. The molecular formula is C24H25N5O2S. The van der Waals surface area contributed by atoms with E-state index in [9.17, 15) is 9.66 Å². The highest BCUT2D eigenvalue weighted by Gasteiger charge is 2.23. The first-order valence-corrected chi connectivity index (χ1v) is 12.2. The van der Waals surface area contributed by atoms with Gasteiger partial charge in [0.05, 0.1) is 39.8 Å². The third-order valence-corrected chi connectivity index (χ3v) is 6.49. The molecule has 1 aliphatic heterocycles. The van der Waals surface area contributed by atoms with Crippen molar-refractivity contribution in [1.82, 2.24) is 15.2 Å². The molecule has 3 N–H and O–H groups in total. The monoisotopic (exact) mass is 447 g/mol. The fourth-order valence-electron chi connectivity index (χ4n) is 4.47. The van der Waals surface area contributed by atoms with Crippen LogP contribution in [0.3, 0.4) is 0 Å². The van der Waals surface area contributed by atoms with Gasteiger partial charge >= 0.3 is 0 Å². The highest BCUT2D eigenvalue weighted by Crippen LogP contribution is 2.35. The summed E-state index contributed by atoms with van der Waals surface area (Å²) in [5.41, 5.74) is 7.21. The second-order valence-corrected chi connectivity index (χ2v) is 9.14. The van der Waals surface area contributed by atoms with Crippen LogP contribution in [-0.4, -0.2) is 37.6 Å². The number of rotatable bonds is 5. The van der Waals surface area contributed by atoms with Crippen LogP contribution in [0.2, 0.25) is 0 Å². The molecule has 0 aliphatic carbocycles. The number of aromatic amines is 1. The van der Waals surface area contributed by atoms with E-state index in [1.54, 1.807) is 18.4 Å². The van der Waals surface area contributed by atoms with Crippen LogP contribution in [0.5, 0.6) is 5.75 Å². The molecule has 2 aromatic heterocycles. The van der Waals surface area contributed by atoms with E-state index in [1.807, 2.05) is 30.5 Å². The average molecular weight is 448 g/mol. The number of aromatic hydroxyl groups is 1. The minimum absolute atomic E-state index is 0.263. The molecule has 0 saturated carbocycles. The number of fused-ring (bicyclic) bond motifs is 2. The van der Waals surface area contributed by atoms with Gasteiger partial charge in [0.1, 0.15) is 17.8 Å². The van der Waals surface area contributed by atoms with Crippen molar-refractivity contribution in [2.24, 2.45) is 0 Å². The predicted octanol–water partition coefficient (Wildman–Crippen LogP) is 4.16. The Labute approximate surface area is 189 Å². The highest BCUT2D eigenvalue weighted by atomic mass is 32.2. The molecule has 4 aromatic rings. The molecule has 0 fully saturated rings. The molecule has 0 radical (unpaired) electrons.